The first kappa shape index (κ1) is 19.2. The normalized spacial score (nSPS) is 11.3. The van der Waals surface area contributed by atoms with Crippen molar-refractivity contribution >= 4 is 32.8 Å². The second-order valence-electron chi connectivity index (χ2n) is 5.71. The van der Waals surface area contributed by atoms with E-state index in [1.807, 2.05) is 23.6 Å². The molecule has 6 nitrogen and oxygen atoms in total. The molecule has 3 rings (SSSR count). The Bertz CT molecular complexity index is 1010. The van der Waals surface area contributed by atoms with Crippen molar-refractivity contribution in [3.05, 3.63) is 65.7 Å². The summed E-state index contributed by atoms with van der Waals surface area (Å²) < 4.78 is 29.1. The van der Waals surface area contributed by atoms with Crippen LogP contribution >= 0.6 is 11.3 Å². The summed E-state index contributed by atoms with van der Waals surface area (Å²) in [7, 11) is -1.97. The van der Waals surface area contributed by atoms with E-state index in [2.05, 4.69) is 10.3 Å². The second kappa shape index (κ2) is 8.43. The zero-order valence-corrected chi connectivity index (χ0v) is 16.2. The lowest BCUT2D eigenvalue weighted by molar-refractivity contribution is 0.102. The summed E-state index contributed by atoms with van der Waals surface area (Å²) in [5.74, 6) is -0.411. The summed E-state index contributed by atoms with van der Waals surface area (Å²) in [6.45, 7) is 0.125. The Morgan fingerprint density at radius 3 is 2.63 bits per heavy atom. The summed E-state index contributed by atoms with van der Waals surface area (Å²) in [6, 6.07) is 13.3. The van der Waals surface area contributed by atoms with E-state index in [-0.39, 0.29) is 23.2 Å². The molecule has 0 saturated heterocycles. The van der Waals surface area contributed by atoms with Crippen molar-refractivity contribution in [3.8, 4) is 10.6 Å². The van der Waals surface area contributed by atoms with Gasteiger partial charge >= 0.3 is 0 Å². The Balaban J connectivity index is 1.73. The van der Waals surface area contributed by atoms with Gasteiger partial charge in [-0.1, -0.05) is 12.1 Å². The molecule has 1 amide bonds. The maximum absolute atomic E-state index is 12.5. The fourth-order valence-electron chi connectivity index (χ4n) is 2.42. The highest BCUT2D eigenvalue weighted by Crippen LogP contribution is 2.24. The molecule has 3 aromatic rings. The van der Waals surface area contributed by atoms with Crippen LogP contribution < -0.4 is 5.32 Å². The van der Waals surface area contributed by atoms with E-state index < -0.39 is 9.84 Å². The number of methoxy groups -OCH3 is 1. The van der Waals surface area contributed by atoms with Crippen LogP contribution in [0.15, 0.2) is 65.0 Å². The maximum Gasteiger partial charge on any atom is 0.255 e. The average Bonchev–Trinajstić information content (AvgIpc) is 3.21. The smallest absolute Gasteiger partial charge is 0.255 e. The number of hydrogen-bond acceptors (Lipinski definition) is 6. The summed E-state index contributed by atoms with van der Waals surface area (Å²) in [5, 5.41) is 5.59. The van der Waals surface area contributed by atoms with Crippen LogP contribution in [0.1, 0.15) is 10.4 Å². The van der Waals surface area contributed by atoms with Gasteiger partial charge in [0.25, 0.3) is 5.91 Å². The van der Waals surface area contributed by atoms with E-state index in [1.165, 1.54) is 42.7 Å². The standard InChI is InChI=1S/C19H18N2O4S2/c1-25-10-12-27(23,24)17-7-5-14(6-8-17)18(22)21-16-4-2-3-15(13-16)19-20-9-11-26-19/h2-9,11,13H,10,12H2,1H3,(H,21,22). The molecule has 0 bridgehead atoms. The number of ether oxygens (including phenoxy) is 1. The number of nitrogens with zero attached hydrogens (tertiary/aromatic N) is 1. The lowest BCUT2D eigenvalue weighted by Crippen LogP contribution is -2.14. The summed E-state index contributed by atoms with van der Waals surface area (Å²) in [5.41, 5.74) is 1.94. The molecule has 140 valence electrons. The third-order valence-electron chi connectivity index (χ3n) is 3.83. The highest BCUT2D eigenvalue weighted by molar-refractivity contribution is 7.91. The number of carbonyl (C=O) groups excluding carboxylic acids is 1. The number of nitrogens with one attached hydrogen (secondary N) is 1. The molecule has 0 radical (unpaired) electrons. The molecule has 0 aliphatic rings. The van der Waals surface area contributed by atoms with Crippen molar-refractivity contribution in [2.75, 3.05) is 24.8 Å². The van der Waals surface area contributed by atoms with Gasteiger partial charge in [-0.3, -0.25) is 4.79 Å². The van der Waals surface area contributed by atoms with Crippen molar-refractivity contribution in [2.24, 2.45) is 0 Å². The number of hydrogen-bond donors (Lipinski definition) is 1. The minimum Gasteiger partial charge on any atom is -0.384 e. The molecule has 0 atom stereocenters. The highest BCUT2D eigenvalue weighted by atomic mass is 32.2. The first-order valence-corrected chi connectivity index (χ1v) is 10.7. The number of aromatic nitrogens is 1. The minimum absolute atomic E-state index is 0.0986. The molecule has 1 N–H and O–H groups in total. The van der Waals surface area contributed by atoms with Crippen LogP contribution in [0, 0.1) is 0 Å². The fraction of sp³-hybridized carbons (Fsp3) is 0.158. The van der Waals surface area contributed by atoms with Gasteiger partial charge < -0.3 is 10.1 Å². The Labute approximate surface area is 161 Å². The van der Waals surface area contributed by atoms with Gasteiger partial charge in [0.15, 0.2) is 9.84 Å². The van der Waals surface area contributed by atoms with Gasteiger partial charge in [0.05, 0.1) is 17.3 Å². The largest absolute Gasteiger partial charge is 0.384 e. The van der Waals surface area contributed by atoms with Gasteiger partial charge in [-0.15, -0.1) is 11.3 Å². The Morgan fingerprint density at radius 2 is 1.96 bits per heavy atom. The molecule has 0 aliphatic heterocycles. The molecular weight excluding hydrogens is 384 g/mol. The number of carbonyl (C=O) groups is 1. The van der Waals surface area contributed by atoms with Crippen molar-refractivity contribution < 1.29 is 17.9 Å². The highest BCUT2D eigenvalue weighted by Gasteiger charge is 2.15. The van der Waals surface area contributed by atoms with E-state index in [0.717, 1.165) is 10.6 Å². The van der Waals surface area contributed by atoms with E-state index in [0.29, 0.717) is 11.3 Å². The molecule has 0 aliphatic carbocycles. The molecule has 0 saturated carbocycles. The van der Waals surface area contributed by atoms with E-state index in [4.69, 9.17) is 4.74 Å². The molecule has 0 unspecified atom stereocenters. The van der Waals surface area contributed by atoms with Crippen LogP contribution in [0.4, 0.5) is 5.69 Å². The monoisotopic (exact) mass is 402 g/mol. The Morgan fingerprint density at radius 1 is 1.19 bits per heavy atom. The van der Waals surface area contributed by atoms with Crippen LogP contribution in [0.2, 0.25) is 0 Å². The van der Waals surface area contributed by atoms with E-state index in [9.17, 15) is 13.2 Å². The number of anilines is 1. The molecule has 0 fully saturated rings. The number of sulfone groups is 1. The fourth-order valence-corrected chi connectivity index (χ4v) is 4.23. The third-order valence-corrected chi connectivity index (χ3v) is 6.35. The number of rotatable bonds is 7. The zero-order valence-electron chi connectivity index (χ0n) is 14.6. The summed E-state index contributed by atoms with van der Waals surface area (Å²) >= 11 is 1.52. The molecule has 2 aromatic carbocycles. The first-order chi connectivity index (χ1) is 13.0. The third kappa shape index (κ3) is 4.79. The average molecular weight is 402 g/mol. The van der Waals surface area contributed by atoms with Crippen LogP contribution in [0.3, 0.4) is 0 Å². The van der Waals surface area contributed by atoms with E-state index in [1.54, 1.807) is 12.3 Å². The van der Waals surface area contributed by atoms with Crippen LogP contribution in [-0.2, 0) is 14.6 Å². The van der Waals surface area contributed by atoms with Crippen LogP contribution in [-0.4, -0.2) is 38.8 Å². The predicted octanol–water partition coefficient (Wildman–Crippen LogP) is 3.48. The molecule has 1 aromatic heterocycles. The van der Waals surface area contributed by atoms with Gasteiger partial charge in [-0.2, -0.15) is 0 Å². The number of thiazole rings is 1. The molecule has 1 heterocycles. The number of benzene rings is 2. The van der Waals surface area contributed by atoms with Gasteiger partial charge in [-0.05, 0) is 36.4 Å². The SMILES string of the molecule is COCCS(=O)(=O)c1ccc(C(=O)Nc2cccc(-c3nccs3)c2)cc1. The summed E-state index contributed by atoms with van der Waals surface area (Å²) in [6.07, 6.45) is 1.73. The minimum atomic E-state index is -3.42. The van der Waals surface area contributed by atoms with Crippen molar-refractivity contribution in [2.45, 2.75) is 4.90 Å². The van der Waals surface area contributed by atoms with Crippen molar-refractivity contribution in [1.29, 1.82) is 0 Å². The van der Waals surface area contributed by atoms with Gasteiger partial charge in [0, 0.05) is 35.5 Å². The predicted molar refractivity (Wildman–Crippen MR) is 106 cm³/mol. The van der Waals surface area contributed by atoms with Gasteiger partial charge in [0.1, 0.15) is 5.01 Å². The Kier molecular flexibility index (Phi) is 6.00. The molecular formula is C19H18N2O4S2. The first-order valence-electron chi connectivity index (χ1n) is 8.12. The lowest BCUT2D eigenvalue weighted by Gasteiger charge is -2.08. The quantitative estimate of drug-likeness (QED) is 0.654. The van der Waals surface area contributed by atoms with Crippen molar-refractivity contribution in [3.63, 3.8) is 0 Å². The topological polar surface area (TPSA) is 85.4 Å². The molecule has 27 heavy (non-hydrogen) atoms. The van der Waals surface area contributed by atoms with Crippen molar-refractivity contribution in [1.82, 2.24) is 4.98 Å². The van der Waals surface area contributed by atoms with Crippen LogP contribution in [0.5, 0.6) is 0 Å². The molecule has 0 spiro atoms. The Hall–Kier alpha value is -2.55. The van der Waals surface area contributed by atoms with Gasteiger partial charge in [-0.25, -0.2) is 13.4 Å². The van der Waals surface area contributed by atoms with E-state index >= 15 is 0 Å². The van der Waals surface area contributed by atoms with Gasteiger partial charge in [0.2, 0.25) is 0 Å². The maximum atomic E-state index is 12.5. The zero-order chi connectivity index (χ0) is 19.3. The molecule has 8 heteroatoms. The van der Waals surface area contributed by atoms with Crippen LogP contribution in [0.25, 0.3) is 10.6 Å². The number of amides is 1. The lowest BCUT2D eigenvalue weighted by atomic mass is 10.2. The second-order valence-corrected chi connectivity index (χ2v) is 8.71. The summed E-state index contributed by atoms with van der Waals surface area (Å²) in [4.78, 5) is 16.9.